The van der Waals surface area contributed by atoms with Gasteiger partial charge in [-0.25, -0.2) is 0 Å². The number of carbonyl (C=O) groups is 1. The quantitative estimate of drug-likeness (QED) is 0.817. The van der Waals surface area contributed by atoms with Crippen molar-refractivity contribution in [3.63, 3.8) is 0 Å². The van der Waals surface area contributed by atoms with Gasteiger partial charge < -0.3 is 4.90 Å². The number of amides is 1. The summed E-state index contributed by atoms with van der Waals surface area (Å²) in [6.07, 6.45) is -4.38. The molecule has 0 saturated heterocycles. The molecule has 5 heteroatoms. The highest BCUT2D eigenvalue weighted by molar-refractivity contribution is 5.95. The van der Waals surface area contributed by atoms with Crippen molar-refractivity contribution in [3.05, 3.63) is 59.7 Å². The number of carbonyl (C=O) groups excluding carboxylic acids is 1. The predicted molar refractivity (Wildman–Crippen MR) is 74.9 cm³/mol. The number of hydrogen-bond acceptors (Lipinski definition) is 1. The minimum atomic E-state index is -4.38. The Hall–Kier alpha value is -2.30. The van der Waals surface area contributed by atoms with Crippen molar-refractivity contribution in [1.29, 1.82) is 0 Å². The van der Waals surface area contributed by atoms with Crippen molar-refractivity contribution in [2.75, 3.05) is 14.1 Å². The van der Waals surface area contributed by atoms with Crippen LogP contribution in [0, 0.1) is 0 Å². The van der Waals surface area contributed by atoms with E-state index >= 15 is 0 Å². The van der Waals surface area contributed by atoms with Gasteiger partial charge in [0.1, 0.15) is 0 Å². The van der Waals surface area contributed by atoms with Crippen LogP contribution < -0.4 is 0 Å². The SMILES string of the molecule is CN(C)C(=O)c1cccc(-c2cccc(C(F)(F)F)c2)c1. The van der Waals surface area contributed by atoms with Crippen molar-refractivity contribution in [1.82, 2.24) is 4.90 Å². The highest BCUT2D eigenvalue weighted by Gasteiger charge is 2.30. The molecule has 0 aliphatic carbocycles. The second-order valence-electron chi connectivity index (χ2n) is 4.86. The number of hydrogen-bond donors (Lipinski definition) is 0. The molecule has 0 heterocycles. The molecule has 0 aromatic heterocycles. The smallest absolute Gasteiger partial charge is 0.345 e. The van der Waals surface area contributed by atoms with E-state index in [0.29, 0.717) is 16.7 Å². The molecule has 2 aromatic carbocycles. The number of benzene rings is 2. The van der Waals surface area contributed by atoms with Gasteiger partial charge >= 0.3 is 6.18 Å². The molecule has 2 nitrogen and oxygen atoms in total. The largest absolute Gasteiger partial charge is 0.416 e. The molecule has 0 N–H and O–H groups in total. The second-order valence-corrected chi connectivity index (χ2v) is 4.86. The van der Waals surface area contributed by atoms with Gasteiger partial charge in [0.25, 0.3) is 5.91 Å². The summed E-state index contributed by atoms with van der Waals surface area (Å²) in [4.78, 5) is 13.3. The van der Waals surface area contributed by atoms with Crippen LogP contribution in [0.15, 0.2) is 48.5 Å². The van der Waals surface area contributed by atoms with E-state index in [9.17, 15) is 18.0 Å². The van der Waals surface area contributed by atoms with Crippen molar-refractivity contribution in [2.24, 2.45) is 0 Å². The maximum Gasteiger partial charge on any atom is 0.416 e. The first-order valence-electron chi connectivity index (χ1n) is 6.28. The van der Waals surface area contributed by atoms with E-state index in [1.165, 1.54) is 11.0 Å². The Balaban J connectivity index is 2.43. The molecule has 0 saturated carbocycles. The lowest BCUT2D eigenvalue weighted by Gasteiger charge is -2.12. The van der Waals surface area contributed by atoms with Crippen molar-refractivity contribution in [3.8, 4) is 11.1 Å². The third kappa shape index (κ3) is 3.42. The zero-order chi connectivity index (χ0) is 15.6. The standard InChI is InChI=1S/C16H14F3NO/c1-20(2)15(21)13-7-3-5-11(9-13)12-6-4-8-14(10-12)16(17,18)19/h3-10H,1-2H3. The van der Waals surface area contributed by atoms with Crippen LogP contribution in [0.4, 0.5) is 13.2 Å². The Kier molecular flexibility index (Phi) is 4.02. The predicted octanol–water partition coefficient (Wildman–Crippen LogP) is 4.07. The van der Waals surface area contributed by atoms with Gasteiger partial charge in [0, 0.05) is 19.7 Å². The molecule has 0 atom stereocenters. The van der Waals surface area contributed by atoms with Crippen molar-refractivity contribution < 1.29 is 18.0 Å². The Labute approximate surface area is 120 Å². The van der Waals surface area contributed by atoms with Crippen LogP contribution >= 0.6 is 0 Å². The molecular formula is C16H14F3NO. The fourth-order valence-electron chi connectivity index (χ4n) is 1.97. The van der Waals surface area contributed by atoms with Gasteiger partial charge in [-0.05, 0) is 35.4 Å². The third-order valence-electron chi connectivity index (χ3n) is 3.04. The maximum atomic E-state index is 12.7. The molecule has 0 spiro atoms. The average molecular weight is 293 g/mol. The third-order valence-corrected chi connectivity index (χ3v) is 3.04. The van der Waals surface area contributed by atoms with E-state index in [1.807, 2.05) is 0 Å². The lowest BCUT2D eigenvalue weighted by Crippen LogP contribution is -2.21. The molecule has 110 valence electrons. The van der Waals surface area contributed by atoms with Crippen molar-refractivity contribution in [2.45, 2.75) is 6.18 Å². The highest BCUT2D eigenvalue weighted by atomic mass is 19.4. The zero-order valence-electron chi connectivity index (χ0n) is 11.6. The van der Waals surface area contributed by atoms with Gasteiger partial charge in [0.2, 0.25) is 0 Å². The highest BCUT2D eigenvalue weighted by Crippen LogP contribution is 2.32. The van der Waals surface area contributed by atoms with Gasteiger partial charge in [0.15, 0.2) is 0 Å². The molecule has 0 fully saturated rings. The number of halogens is 3. The summed E-state index contributed by atoms with van der Waals surface area (Å²) >= 11 is 0. The number of rotatable bonds is 2. The van der Waals surface area contributed by atoms with Gasteiger partial charge in [-0.3, -0.25) is 4.79 Å². The van der Waals surface area contributed by atoms with E-state index in [4.69, 9.17) is 0 Å². The molecule has 2 aromatic rings. The van der Waals surface area contributed by atoms with Crippen LogP contribution in [0.1, 0.15) is 15.9 Å². The molecule has 0 unspecified atom stereocenters. The summed E-state index contributed by atoms with van der Waals surface area (Å²) in [5, 5.41) is 0. The molecule has 0 aliphatic heterocycles. The fourth-order valence-corrected chi connectivity index (χ4v) is 1.97. The van der Waals surface area contributed by atoms with E-state index in [-0.39, 0.29) is 5.91 Å². The fraction of sp³-hybridized carbons (Fsp3) is 0.188. The van der Waals surface area contributed by atoms with E-state index in [0.717, 1.165) is 12.1 Å². The van der Waals surface area contributed by atoms with Crippen LogP contribution in [0.2, 0.25) is 0 Å². The monoisotopic (exact) mass is 293 g/mol. The van der Waals surface area contributed by atoms with Crippen LogP contribution in [-0.2, 0) is 6.18 Å². The Morgan fingerprint density at radius 2 is 1.52 bits per heavy atom. The maximum absolute atomic E-state index is 12.7. The first-order valence-corrected chi connectivity index (χ1v) is 6.28. The molecule has 0 aliphatic rings. The second kappa shape index (κ2) is 5.60. The summed E-state index contributed by atoms with van der Waals surface area (Å²) < 4.78 is 38.2. The first-order chi connectivity index (χ1) is 9.79. The summed E-state index contributed by atoms with van der Waals surface area (Å²) in [5.41, 5.74) is 0.742. The summed E-state index contributed by atoms with van der Waals surface area (Å²) in [5.74, 6) is -0.191. The van der Waals surface area contributed by atoms with Crippen LogP contribution in [0.25, 0.3) is 11.1 Å². The van der Waals surface area contributed by atoms with Crippen molar-refractivity contribution >= 4 is 5.91 Å². The zero-order valence-corrected chi connectivity index (χ0v) is 11.6. The van der Waals surface area contributed by atoms with Gasteiger partial charge in [-0.1, -0.05) is 24.3 Å². The van der Waals surface area contributed by atoms with E-state index in [1.54, 1.807) is 44.4 Å². The molecule has 1 amide bonds. The molecule has 21 heavy (non-hydrogen) atoms. The normalized spacial score (nSPS) is 11.3. The topological polar surface area (TPSA) is 20.3 Å². The first kappa shape index (κ1) is 15.1. The van der Waals surface area contributed by atoms with Gasteiger partial charge in [-0.2, -0.15) is 13.2 Å². The summed E-state index contributed by atoms with van der Waals surface area (Å²) in [7, 11) is 3.25. The Bertz CT molecular complexity index is 663. The lowest BCUT2D eigenvalue weighted by molar-refractivity contribution is -0.137. The van der Waals surface area contributed by atoms with Crippen LogP contribution in [0.5, 0.6) is 0 Å². The van der Waals surface area contributed by atoms with E-state index in [2.05, 4.69) is 0 Å². The minimum Gasteiger partial charge on any atom is -0.345 e. The van der Waals surface area contributed by atoms with Gasteiger partial charge in [0.05, 0.1) is 5.56 Å². The average Bonchev–Trinajstić information content (AvgIpc) is 2.46. The van der Waals surface area contributed by atoms with E-state index < -0.39 is 11.7 Å². The minimum absolute atomic E-state index is 0.191. The Morgan fingerprint density at radius 3 is 2.10 bits per heavy atom. The Morgan fingerprint density at radius 1 is 0.952 bits per heavy atom. The lowest BCUT2D eigenvalue weighted by atomic mass is 10.0. The summed E-state index contributed by atoms with van der Waals surface area (Å²) in [6, 6.07) is 11.6. The molecular weight excluding hydrogens is 279 g/mol. The number of alkyl halides is 3. The molecule has 2 rings (SSSR count). The molecule has 0 radical (unpaired) electrons. The molecule has 0 bridgehead atoms. The van der Waals surface area contributed by atoms with Crippen LogP contribution in [0.3, 0.4) is 0 Å². The van der Waals surface area contributed by atoms with Gasteiger partial charge in [-0.15, -0.1) is 0 Å². The summed E-state index contributed by atoms with van der Waals surface area (Å²) in [6.45, 7) is 0. The van der Waals surface area contributed by atoms with Crippen LogP contribution in [-0.4, -0.2) is 24.9 Å². The number of nitrogens with zero attached hydrogens (tertiary/aromatic N) is 1.